The fourth-order valence-electron chi connectivity index (χ4n) is 1.06. The van der Waals surface area contributed by atoms with Gasteiger partial charge >= 0.3 is 0 Å². The van der Waals surface area contributed by atoms with Gasteiger partial charge in [0.15, 0.2) is 5.75 Å². The molecule has 0 fully saturated rings. The Morgan fingerprint density at radius 2 is 1.82 bits per heavy atom. The van der Waals surface area contributed by atoms with Gasteiger partial charge in [-0.3, -0.25) is 0 Å². The lowest BCUT2D eigenvalue weighted by Gasteiger charge is -2.10. The van der Waals surface area contributed by atoms with Gasteiger partial charge in [0.1, 0.15) is 12.4 Å². The lowest BCUT2D eigenvalue weighted by molar-refractivity contribution is 0.352. The molecule has 17 heavy (non-hydrogen) atoms. The van der Waals surface area contributed by atoms with Gasteiger partial charge in [0, 0.05) is 12.1 Å². The Balaban J connectivity index is 2.79. The average molecular weight is 404 g/mol. The minimum absolute atomic E-state index is 0.263. The summed E-state index contributed by atoms with van der Waals surface area (Å²) in [5, 5.41) is 0.802. The van der Waals surface area contributed by atoms with Crippen LogP contribution in [0, 0.1) is 6.92 Å². The third-order valence-corrected chi connectivity index (χ3v) is 2.91. The predicted molar refractivity (Wildman–Crippen MR) is 78.7 cm³/mol. The zero-order valence-electron chi connectivity index (χ0n) is 8.68. The van der Waals surface area contributed by atoms with E-state index in [-0.39, 0.29) is 6.61 Å². The van der Waals surface area contributed by atoms with Gasteiger partial charge in [-0.15, -0.1) is 0 Å². The van der Waals surface area contributed by atoms with Crippen molar-refractivity contribution in [3.8, 4) is 11.5 Å². The maximum absolute atomic E-state index is 6.00. The molecule has 0 unspecified atom stereocenters. The van der Waals surface area contributed by atoms with Crippen molar-refractivity contribution in [3.63, 3.8) is 0 Å². The number of halogens is 4. The van der Waals surface area contributed by atoms with Gasteiger partial charge in [0.25, 0.3) is 0 Å². The number of rotatable bonds is 5. The van der Waals surface area contributed by atoms with Crippen molar-refractivity contribution in [2.24, 2.45) is 0 Å². The van der Waals surface area contributed by atoms with Crippen LogP contribution in [0.15, 0.2) is 21.6 Å². The molecule has 0 saturated heterocycles. The molecule has 2 nitrogen and oxygen atoms in total. The molecule has 0 bridgehead atoms. The molecule has 0 saturated carbocycles. The highest BCUT2D eigenvalue weighted by Crippen LogP contribution is 2.36. The fourth-order valence-corrected chi connectivity index (χ4v) is 1.90. The third-order valence-electron chi connectivity index (χ3n) is 1.71. The van der Waals surface area contributed by atoms with Crippen molar-refractivity contribution in [2.45, 2.75) is 0 Å². The van der Waals surface area contributed by atoms with Crippen LogP contribution in [0.5, 0.6) is 11.5 Å². The molecule has 0 heterocycles. The van der Waals surface area contributed by atoms with Crippen LogP contribution in [0.25, 0.3) is 0 Å². The molecule has 6 heteroatoms. The minimum atomic E-state index is 0.263. The molecule has 0 N–H and O–H groups in total. The Hall–Kier alpha value is 0.1000. The number of hydrogen-bond donors (Lipinski definition) is 0. The lowest BCUT2D eigenvalue weighted by atomic mass is 10.3. The van der Waals surface area contributed by atoms with Gasteiger partial charge in [-0.25, -0.2) is 0 Å². The van der Waals surface area contributed by atoms with Gasteiger partial charge in [-0.1, -0.05) is 23.2 Å². The molecular weight excluding hydrogens is 395 g/mol. The van der Waals surface area contributed by atoms with Crippen molar-refractivity contribution in [3.05, 3.63) is 38.6 Å². The third kappa shape index (κ3) is 5.08. The number of benzene rings is 1. The maximum Gasteiger partial charge on any atom is 0.156 e. The van der Waals surface area contributed by atoms with E-state index in [1.54, 1.807) is 12.1 Å². The number of ether oxygens (including phenoxy) is 2. The van der Waals surface area contributed by atoms with Crippen molar-refractivity contribution in [1.29, 1.82) is 0 Å². The summed E-state index contributed by atoms with van der Waals surface area (Å²) in [5.41, 5.74) is 0. The Morgan fingerprint density at radius 1 is 1.24 bits per heavy atom. The predicted octanol–water partition coefficient (Wildman–Crippen LogP) is 5.22. The van der Waals surface area contributed by atoms with Crippen molar-refractivity contribution < 1.29 is 9.47 Å². The monoisotopic (exact) mass is 401 g/mol. The zero-order valence-corrected chi connectivity index (χ0v) is 13.4. The highest BCUT2D eigenvalue weighted by Gasteiger charge is 2.09. The lowest BCUT2D eigenvalue weighted by Crippen LogP contribution is -1.97. The minimum Gasteiger partial charge on any atom is -0.490 e. The van der Waals surface area contributed by atoms with E-state index in [1.165, 1.54) is 0 Å². The van der Waals surface area contributed by atoms with E-state index in [9.17, 15) is 0 Å². The summed E-state index contributed by atoms with van der Waals surface area (Å²) in [6.07, 6.45) is 1.81. The second kappa shape index (κ2) is 7.52. The van der Waals surface area contributed by atoms with E-state index in [0.29, 0.717) is 28.2 Å². The molecule has 1 aromatic carbocycles. The first-order valence-electron chi connectivity index (χ1n) is 4.59. The molecule has 0 amide bonds. The Labute approximate surface area is 127 Å². The van der Waals surface area contributed by atoms with Crippen LogP contribution in [-0.2, 0) is 0 Å². The van der Waals surface area contributed by atoms with Crippen LogP contribution in [0.1, 0.15) is 0 Å². The number of hydrogen-bond acceptors (Lipinski definition) is 2. The Morgan fingerprint density at radius 3 is 2.29 bits per heavy atom. The first kappa shape index (κ1) is 15.2. The highest BCUT2D eigenvalue weighted by molar-refractivity contribution is 9.28. The SMILES string of the molecule is [CH2]COc1c(Cl)cc(OCC=C(Br)Br)cc1Cl. The van der Waals surface area contributed by atoms with Crippen molar-refractivity contribution in [1.82, 2.24) is 0 Å². The molecule has 0 aliphatic heterocycles. The van der Waals surface area contributed by atoms with Gasteiger partial charge in [0.05, 0.1) is 20.0 Å². The highest BCUT2D eigenvalue weighted by atomic mass is 79.9. The average Bonchev–Trinajstić information content (AvgIpc) is 2.23. The molecule has 0 aromatic heterocycles. The summed E-state index contributed by atoms with van der Waals surface area (Å²) in [7, 11) is 0. The molecular formula is C11H9Br2Cl2O2. The van der Waals surface area contributed by atoms with Crippen LogP contribution in [0.4, 0.5) is 0 Å². The smallest absolute Gasteiger partial charge is 0.156 e. The molecule has 0 aliphatic rings. The van der Waals surface area contributed by atoms with Crippen LogP contribution in [-0.4, -0.2) is 13.2 Å². The molecule has 1 rings (SSSR count). The molecule has 0 atom stereocenters. The molecule has 1 radical (unpaired) electrons. The van der Waals surface area contributed by atoms with E-state index >= 15 is 0 Å². The van der Waals surface area contributed by atoms with E-state index in [1.807, 2.05) is 6.08 Å². The summed E-state index contributed by atoms with van der Waals surface area (Å²) < 4.78 is 11.5. The molecule has 1 aromatic rings. The summed E-state index contributed by atoms with van der Waals surface area (Å²) in [6.45, 7) is 4.23. The zero-order chi connectivity index (χ0) is 12.8. The van der Waals surface area contributed by atoms with Gasteiger partial charge in [-0.2, -0.15) is 0 Å². The molecule has 0 spiro atoms. The second-order valence-electron chi connectivity index (χ2n) is 2.87. The second-order valence-corrected chi connectivity index (χ2v) is 6.46. The largest absolute Gasteiger partial charge is 0.490 e. The fraction of sp³-hybridized carbons (Fsp3) is 0.182. The van der Waals surface area contributed by atoms with Gasteiger partial charge in [0.2, 0.25) is 0 Å². The Kier molecular flexibility index (Phi) is 6.70. The van der Waals surface area contributed by atoms with Crippen LogP contribution < -0.4 is 9.47 Å². The van der Waals surface area contributed by atoms with E-state index in [4.69, 9.17) is 32.7 Å². The first-order chi connectivity index (χ1) is 8.04. The summed E-state index contributed by atoms with van der Waals surface area (Å²) in [6, 6.07) is 3.29. The molecule has 0 aliphatic carbocycles. The topological polar surface area (TPSA) is 18.5 Å². The van der Waals surface area contributed by atoms with Crippen LogP contribution >= 0.6 is 55.1 Å². The molecule has 93 valence electrons. The summed E-state index contributed by atoms with van der Waals surface area (Å²) in [4.78, 5) is 0. The Bertz CT molecular complexity index is 395. The maximum atomic E-state index is 6.00. The normalized spacial score (nSPS) is 9.94. The van der Waals surface area contributed by atoms with E-state index < -0.39 is 0 Å². The first-order valence-corrected chi connectivity index (χ1v) is 6.94. The van der Waals surface area contributed by atoms with Crippen LogP contribution in [0.3, 0.4) is 0 Å². The van der Waals surface area contributed by atoms with Gasteiger partial charge < -0.3 is 9.47 Å². The summed E-state index contributed by atoms with van der Waals surface area (Å²) >= 11 is 18.5. The van der Waals surface area contributed by atoms with E-state index in [2.05, 4.69) is 38.8 Å². The summed E-state index contributed by atoms with van der Waals surface area (Å²) in [5.74, 6) is 1.00. The van der Waals surface area contributed by atoms with Crippen molar-refractivity contribution >= 4 is 55.1 Å². The van der Waals surface area contributed by atoms with Gasteiger partial charge in [-0.05, 0) is 44.9 Å². The quantitative estimate of drug-likeness (QED) is 0.671. The van der Waals surface area contributed by atoms with E-state index in [0.717, 1.165) is 3.39 Å². The van der Waals surface area contributed by atoms with Crippen LogP contribution in [0.2, 0.25) is 10.0 Å². The van der Waals surface area contributed by atoms with Crippen molar-refractivity contribution in [2.75, 3.05) is 13.2 Å². The standard InChI is InChI=1S/C11H9Br2Cl2O2/c1-2-16-11-8(14)5-7(6-9(11)15)17-4-3-10(12)13/h3,5-6H,1-2,4H2.